The van der Waals surface area contributed by atoms with Crippen molar-refractivity contribution >= 4 is 5.69 Å². The smallest absolute Gasteiger partial charge is 0.323 e. The molecule has 0 saturated heterocycles. The van der Waals surface area contributed by atoms with Gasteiger partial charge in [-0.1, -0.05) is 13.8 Å². The van der Waals surface area contributed by atoms with Crippen LogP contribution in [-0.4, -0.2) is 9.91 Å². The minimum Gasteiger partial charge on any atom is -0.323 e. The number of aromatic nitrogens is 1. The molecule has 1 N–H and O–H groups in total. The van der Waals surface area contributed by atoms with Gasteiger partial charge in [0.2, 0.25) is 0 Å². The number of nitrogens with zero attached hydrogens (tertiary/aromatic N) is 1. The number of nitrogens with one attached hydrogen (secondary N) is 1. The van der Waals surface area contributed by atoms with Gasteiger partial charge < -0.3 is 4.98 Å². The first-order valence-corrected chi connectivity index (χ1v) is 3.54. The summed E-state index contributed by atoms with van der Waals surface area (Å²) in [4.78, 5) is 22.0. The Morgan fingerprint density at radius 3 is 2.42 bits per heavy atom. The Bertz CT molecular complexity index is 306. The Morgan fingerprint density at radius 1 is 1.50 bits per heavy atom. The predicted octanol–water partition coefficient (Wildman–Crippen LogP) is 1.31. The van der Waals surface area contributed by atoms with Gasteiger partial charge in [-0.15, -0.1) is 0 Å². The maximum absolute atomic E-state index is 10.6. The van der Waals surface area contributed by atoms with E-state index in [-0.39, 0.29) is 0 Å². The average Bonchev–Trinajstić information content (AvgIpc) is 2.08. The average molecular weight is 170 g/mol. The second kappa shape index (κ2) is 5.06. The van der Waals surface area contributed by atoms with Crippen LogP contribution in [0.5, 0.6) is 0 Å². The number of nitro groups is 1. The molecule has 0 aromatic carbocycles. The van der Waals surface area contributed by atoms with E-state index in [1.807, 2.05) is 13.8 Å². The van der Waals surface area contributed by atoms with Crippen molar-refractivity contribution in [2.45, 2.75) is 13.8 Å². The largest absolute Gasteiger partial charge is 0.333 e. The van der Waals surface area contributed by atoms with Crippen LogP contribution in [0.2, 0.25) is 0 Å². The zero-order valence-corrected chi connectivity index (χ0v) is 6.90. The van der Waals surface area contributed by atoms with Gasteiger partial charge in [0.15, 0.2) is 0 Å². The molecule has 66 valence electrons. The molecule has 0 bridgehead atoms. The summed E-state index contributed by atoms with van der Waals surface area (Å²) in [5.41, 5.74) is -1.10. The van der Waals surface area contributed by atoms with E-state index in [0.29, 0.717) is 0 Å². The lowest BCUT2D eigenvalue weighted by molar-refractivity contribution is -0.386. The SMILES string of the molecule is CC.O=c1[nH]cccc1[N+](=O)[O-]. The van der Waals surface area contributed by atoms with E-state index >= 15 is 0 Å². The number of rotatable bonds is 1. The molecule has 0 spiro atoms. The lowest BCUT2D eigenvalue weighted by Crippen LogP contribution is -2.09. The van der Waals surface area contributed by atoms with E-state index in [2.05, 4.69) is 4.98 Å². The normalized spacial score (nSPS) is 8.17. The molecule has 5 heteroatoms. The predicted molar refractivity (Wildman–Crippen MR) is 45.1 cm³/mol. The fraction of sp³-hybridized carbons (Fsp3) is 0.286. The van der Waals surface area contributed by atoms with Crippen LogP contribution in [0.3, 0.4) is 0 Å². The summed E-state index contributed by atoms with van der Waals surface area (Å²) in [6.45, 7) is 4.00. The van der Waals surface area contributed by atoms with Crippen LogP contribution < -0.4 is 5.56 Å². The maximum atomic E-state index is 10.6. The van der Waals surface area contributed by atoms with Crippen LogP contribution in [-0.2, 0) is 0 Å². The molecule has 0 aliphatic carbocycles. The van der Waals surface area contributed by atoms with Crippen LogP contribution in [0, 0.1) is 10.1 Å². The summed E-state index contributed by atoms with van der Waals surface area (Å²) in [5, 5.41) is 10.0. The van der Waals surface area contributed by atoms with E-state index in [1.165, 1.54) is 12.3 Å². The number of hydrogen-bond donors (Lipinski definition) is 1. The number of aromatic amines is 1. The molecule has 0 aliphatic rings. The van der Waals surface area contributed by atoms with Crippen LogP contribution in [0.1, 0.15) is 13.8 Å². The standard InChI is InChI=1S/C5H4N2O3.C2H6/c8-5-4(7(9)10)2-1-3-6-5;1-2/h1-3H,(H,6,8);1-2H3. The third-order valence-electron chi connectivity index (χ3n) is 0.994. The van der Waals surface area contributed by atoms with E-state index < -0.39 is 16.2 Å². The van der Waals surface area contributed by atoms with Crippen molar-refractivity contribution in [1.29, 1.82) is 0 Å². The topological polar surface area (TPSA) is 76.0 Å². The zero-order chi connectivity index (χ0) is 9.56. The Morgan fingerprint density at radius 2 is 2.08 bits per heavy atom. The number of hydrogen-bond acceptors (Lipinski definition) is 3. The van der Waals surface area contributed by atoms with Crippen molar-refractivity contribution in [2.24, 2.45) is 0 Å². The van der Waals surface area contributed by atoms with E-state index in [1.54, 1.807) is 0 Å². The molecular formula is C7H10N2O3. The first-order valence-electron chi connectivity index (χ1n) is 3.54. The highest BCUT2D eigenvalue weighted by Gasteiger charge is 2.07. The number of H-pyrrole nitrogens is 1. The highest BCUT2D eigenvalue weighted by Crippen LogP contribution is 1.98. The van der Waals surface area contributed by atoms with Gasteiger partial charge in [-0.25, -0.2) is 0 Å². The van der Waals surface area contributed by atoms with Crippen molar-refractivity contribution in [3.8, 4) is 0 Å². The summed E-state index contributed by atoms with van der Waals surface area (Å²) < 4.78 is 0. The first-order chi connectivity index (χ1) is 5.72. The summed E-state index contributed by atoms with van der Waals surface area (Å²) in [7, 11) is 0. The first kappa shape index (κ1) is 10.3. The molecule has 1 aromatic heterocycles. The van der Waals surface area contributed by atoms with Gasteiger partial charge in [0.25, 0.3) is 0 Å². The van der Waals surface area contributed by atoms with Crippen molar-refractivity contribution in [1.82, 2.24) is 4.98 Å². The molecule has 12 heavy (non-hydrogen) atoms. The zero-order valence-electron chi connectivity index (χ0n) is 6.90. The van der Waals surface area contributed by atoms with Crippen molar-refractivity contribution in [2.75, 3.05) is 0 Å². The lowest BCUT2D eigenvalue weighted by Gasteiger charge is -1.85. The lowest BCUT2D eigenvalue weighted by atomic mass is 10.4. The molecule has 1 rings (SSSR count). The van der Waals surface area contributed by atoms with Crippen molar-refractivity contribution < 1.29 is 4.92 Å². The van der Waals surface area contributed by atoms with Crippen LogP contribution in [0.25, 0.3) is 0 Å². The van der Waals surface area contributed by atoms with E-state index in [0.717, 1.165) is 6.07 Å². The molecule has 0 radical (unpaired) electrons. The monoisotopic (exact) mass is 170 g/mol. The molecule has 5 nitrogen and oxygen atoms in total. The van der Waals surface area contributed by atoms with E-state index in [4.69, 9.17) is 0 Å². The fourth-order valence-corrected chi connectivity index (χ4v) is 0.556. The molecule has 0 saturated carbocycles. The van der Waals surface area contributed by atoms with Gasteiger partial charge in [-0.05, 0) is 6.07 Å². The van der Waals surface area contributed by atoms with Gasteiger partial charge in [-0.3, -0.25) is 14.9 Å². The Labute approximate surface area is 69.2 Å². The van der Waals surface area contributed by atoms with Crippen LogP contribution in [0.15, 0.2) is 23.1 Å². The molecule has 0 fully saturated rings. The van der Waals surface area contributed by atoms with Crippen molar-refractivity contribution in [3.05, 3.63) is 38.8 Å². The fourth-order valence-electron chi connectivity index (χ4n) is 0.556. The summed E-state index contributed by atoms with van der Waals surface area (Å²) in [6.07, 6.45) is 1.34. The van der Waals surface area contributed by atoms with Gasteiger partial charge in [0.1, 0.15) is 0 Å². The Hall–Kier alpha value is -1.65. The Balaban J connectivity index is 0.000000561. The van der Waals surface area contributed by atoms with Gasteiger partial charge >= 0.3 is 11.2 Å². The molecule has 0 atom stereocenters. The summed E-state index contributed by atoms with van der Waals surface area (Å²) in [5.74, 6) is 0. The van der Waals surface area contributed by atoms with Gasteiger partial charge in [-0.2, -0.15) is 0 Å². The summed E-state index contributed by atoms with van der Waals surface area (Å²) >= 11 is 0. The molecule has 0 aliphatic heterocycles. The quantitative estimate of drug-likeness (QED) is 0.510. The van der Waals surface area contributed by atoms with Crippen molar-refractivity contribution in [3.63, 3.8) is 0 Å². The second-order valence-corrected chi connectivity index (χ2v) is 1.64. The second-order valence-electron chi connectivity index (χ2n) is 1.64. The highest BCUT2D eigenvalue weighted by atomic mass is 16.6. The van der Waals surface area contributed by atoms with Crippen LogP contribution >= 0.6 is 0 Å². The maximum Gasteiger partial charge on any atom is 0.333 e. The number of pyridine rings is 1. The molecule has 0 amide bonds. The minimum atomic E-state index is -0.723. The molecular weight excluding hydrogens is 160 g/mol. The third kappa shape index (κ3) is 2.53. The van der Waals surface area contributed by atoms with E-state index in [9.17, 15) is 14.9 Å². The Kier molecular flexibility index (Phi) is 4.36. The van der Waals surface area contributed by atoms with Gasteiger partial charge in [0.05, 0.1) is 4.92 Å². The molecule has 1 heterocycles. The minimum absolute atomic E-state index is 0.428. The molecule has 1 aromatic rings. The van der Waals surface area contributed by atoms with Crippen LogP contribution in [0.4, 0.5) is 5.69 Å². The molecule has 0 unspecified atom stereocenters. The highest BCUT2D eigenvalue weighted by molar-refractivity contribution is 5.23. The van der Waals surface area contributed by atoms with Gasteiger partial charge in [0, 0.05) is 12.3 Å². The third-order valence-corrected chi connectivity index (χ3v) is 0.994. The summed E-state index contributed by atoms with van der Waals surface area (Å²) in [6, 6.07) is 2.55.